The first-order valence-electron chi connectivity index (χ1n) is 7.35. The van der Waals surface area contributed by atoms with Crippen LogP contribution in [0.1, 0.15) is 31.4 Å². The van der Waals surface area contributed by atoms with E-state index in [1.165, 1.54) is 5.56 Å². The van der Waals surface area contributed by atoms with Gasteiger partial charge in [0.2, 0.25) is 0 Å². The first-order valence-corrected chi connectivity index (χ1v) is 7.35. The second kappa shape index (κ2) is 5.95. The molecule has 0 aliphatic carbocycles. The molecule has 3 rings (SSSR count). The Morgan fingerprint density at radius 1 is 1.00 bits per heavy atom. The zero-order valence-electron chi connectivity index (χ0n) is 12.1. The summed E-state index contributed by atoms with van der Waals surface area (Å²) in [4.78, 5) is 1.85. The van der Waals surface area contributed by atoms with Gasteiger partial charge in [0, 0.05) is 0 Å². The van der Waals surface area contributed by atoms with E-state index in [0.717, 1.165) is 30.3 Å². The van der Waals surface area contributed by atoms with Gasteiger partial charge in [-0.15, -0.1) is 0 Å². The minimum atomic E-state index is 0.243. The van der Waals surface area contributed by atoms with Crippen LogP contribution in [0.25, 0.3) is 11.0 Å². The van der Waals surface area contributed by atoms with Crippen LogP contribution in [-0.2, 0) is 6.42 Å². The Hall–Kier alpha value is -2.36. The number of rotatable bonds is 5. The third kappa shape index (κ3) is 3.05. The van der Waals surface area contributed by atoms with Crippen molar-refractivity contribution in [3.63, 3.8) is 0 Å². The van der Waals surface area contributed by atoms with E-state index < -0.39 is 0 Å². The fraction of sp³-hybridized carbons (Fsp3) is 0.294. The largest absolute Gasteiger partial charge is 0.508 e. The second-order valence-corrected chi connectivity index (χ2v) is 5.32. The van der Waals surface area contributed by atoms with Crippen molar-refractivity contribution >= 4 is 11.0 Å². The van der Waals surface area contributed by atoms with Crippen LogP contribution in [0, 0.1) is 0 Å². The summed E-state index contributed by atoms with van der Waals surface area (Å²) in [6.07, 6.45) is 2.98. The zero-order valence-corrected chi connectivity index (χ0v) is 12.1. The lowest BCUT2D eigenvalue weighted by Crippen LogP contribution is -2.15. The molecule has 1 aromatic heterocycles. The lowest BCUT2D eigenvalue weighted by Gasteiger charge is -2.15. The van der Waals surface area contributed by atoms with Crippen LogP contribution in [-0.4, -0.2) is 20.1 Å². The smallest absolute Gasteiger partial charge is 0.115 e. The van der Waals surface area contributed by atoms with E-state index >= 15 is 0 Å². The minimum Gasteiger partial charge on any atom is -0.508 e. The summed E-state index contributed by atoms with van der Waals surface area (Å²) in [5.74, 6) is 0.300. The van der Waals surface area contributed by atoms with Crippen molar-refractivity contribution in [3.05, 3.63) is 54.1 Å². The Labute approximate surface area is 124 Å². The maximum Gasteiger partial charge on any atom is 0.115 e. The summed E-state index contributed by atoms with van der Waals surface area (Å²) >= 11 is 0. The van der Waals surface area contributed by atoms with Crippen molar-refractivity contribution in [2.75, 3.05) is 0 Å². The highest BCUT2D eigenvalue weighted by molar-refractivity contribution is 5.72. The van der Waals surface area contributed by atoms with Crippen LogP contribution < -0.4 is 0 Å². The summed E-state index contributed by atoms with van der Waals surface area (Å²) in [5.41, 5.74) is 3.06. The average Bonchev–Trinajstić information content (AvgIpc) is 2.93. The van der Waals surface area contributed by atoms with Crippen molar-refractivity contribution in [1.29, 1.82) is 0 Å². The standard InChI is InChI=1S/C17H19N3O/c1-2-5-14(12-13-8-10-15(21)11-9-13)20-18-16-6-3-4-7-17(16)19-20/h3-4,6-11,14,21H,2,5,12H2,1H3. The molecule has 2 aromatic carbocycles. The molecule has 108 valence electrons. The topological polar surface area (TPSA) is 50.9 Å². The van der Waals surface area contributed by atoms with Gasteiger partial charge < -0.3 is 5.11 Å². The van der Waals surface area contributed by atoms with Gasteiger partial charge in [-0.3, -0.25) is 0 Å². The summed E-state index contributed by atoms with van der Waals surface area (Å²) in [7, 11) is 0. The van der Waals surface area contributed by atoms with Gasteiger partial charge >= 0.3 is 0 Å². The quantitative estimate of drug-likeness (QED) is 0.775. The number of aromatic nitrogens is 3. The Kier molecular flexibility index (Phi) is 3.86. The maximum atomic E-state index is 9.38. The van der Waals surface area contributed by atoms with E-state index in [0.29, 0.717) is 5.75 Å². The van der Waals surface area contributed by atoms with Crippen LogP contribution in [0.5, 0.6) is 5.75 Å². The fourth-order valence-corrected chi connectivity index (χ4v) is 2.58. The molecule has 1 N–H and O–H groups in total. The molecule has 0 spiro atoms. The van der Waals surface area contributed by atoms with Crippen molar-refractivity contribution in [2.45, 2.75) is 32.2 Å². The van der Waals surface area contributed by atoms with Crippen LogP contribution in [0.2, 0.25) is 0 Å². The van der Waals surface area contributed by atoms with Crippen molar-refractivity contribution in [3.8, 4) is 5.75 Å². The number of hydrogen-bond donors (Lipinski definition) is 1. The lowest BCUT2D eigenvalue weighted by molar-refractivity contribution is 0.378. The summed E-state index contributed by atoms with van der Waals surface area (Å²) in [6, 6.07) is 15.6. The van der Waals surface area contributed by atoms with E-state index in [-0.39, 0.29) is 6.04 Å². The first-order chi connectivity index (χ1) is 10.3. The second-order valence-electron chi connectivity index (χ2n) is 5.32. The highest BCUT2D eigenvalue weighted by atomic mass is 16.3. The Morgan fingerprint density at radius 2 is 1.62 bits per heavy atom. The van der Waals surface area contributed by atoms with Gasteiger partial charge in [-0.25, -0.2) is 0 Å². The molecule has 0 saturated carbocycles. The predicted molar refractivity (Wildman–Crippen MR) is 83.3 cm³/mol. The molecule has 0 aliphatic rings. The third-order valence-corrected chi connectivity index (χ3v) is 3.66. The number of phenolic OH excluding ortho intramolecular Hbond substituents is 1. The molecular formula is C17H19N3O. The van der Waals surface area contributed by atoms with E-state index in [4.69, 9.17) is 0 Å². The first kappa shape index (κ1) is 13.6. The van der Waals surface area contributed by atoms with Gasteiger partial charge in [0.15, 0.2) is 0 Å². The molecule has 21 heavy (non-hydrogen) atoms. The van der Waals surface area contributed by atoms with Gasteiger partial charge in [-0.05, 0) is 42.7 Å². The van der Waals surface area contributed by atoms with Crippen LogP contribution in [0.15, 0.2) is 48.5 Å². The molecule has 0 radical (unpaired) electrons. The molecular weight excluding hydrogens is 262 g/mol. The summed E-state index contributed by atoms with van der Waals surface area (Å²) in [5, 5.41) is 18.6. The van der Waals surface area contributed by atoms with E-state index in [1.807, 2.05) is 41.2 Å². The Morgan fingerprint density at radius 3 is 2.19 bits per heavy atom. The lowest BCUT2D eigenvalue weighted by atomic mass is 10.0. The molecule has 3 aromatic rings. The fourth-order valence-electron chi connectivity index (χ4n) is 2.58. The maximum absolute atomic E-state index is 9.38. The molecule has 4 nitrogen and oxygen atoms in total. The van der Waals surface area contributed by atoms with Crippen LogP contribution in [0.3, 0.4) is 0 Å². The highest BCUT2D eigenvalue weighted by Crippen LogP contribution is 2.21. The highest BCUT2D eigenvalue weighted by Gasteiger charge is 2.14. The van der Waals surface area contributed by atoms with E-state index in [9.17, 15) is 5.11 Å². The molecule has 1 unspecified atom stereocenters. The zero-order chi connectivity index (χ0) is 14.7. The number of hydrogen-bond acceptors (Lipinski definition) is 3. The van der Waals surface area contributed by atoms with Gasteiger partial charge in [-0.2, -0.15) is 15.0 Å². The molecule has 1 heterocycles. The molecule has 1 atom stereocenters. The van der Waals surface area contributed by atoms with Crippen molar-refractivity contribution in [2.24, 2.45) is 0 Å². The SMILES string of the molecule is CCCC(Cc1ccc(O)cc1)n1nc2ccccc2n1. The summed E-state index contributed by atoms with van der Waals surface area (Å²) in [6.45, 7) is 2.17. The number of aromatic hydroxyl groups is 1. The summed E-state index contributed by atoms with van der Waals surface area (Å²) < 4.78 is 0. The molecule has 0 amide bonds. The number of benzene rings is 2. The molecule has 0 saturated heterocycles. The van der Waals surface area contributed by atoms with Crippen molar-refractivity contribution in [1.82, 2.24) is 15.0 Å². The Bertz CT molecular complexity index is 685. The number of nitrogens with zero attached hydrogens (tertiary/aromatic N) is 3. The predicted octanol–water partition coefficient (Wildman–Crippen LogP) is 3.72. The van der Waals surface area contributed by atoms with Gasteiger partial charge in [0.05, 0.1) is 6.04 Å². The molecule has 0 fully saturated rings. The van der Waals surface area contributed by atoms with Crippen molar-refractivity contribution < 1.29 is 5.11 Å². The third-order valence-electron chi connectivity index (χ3n) is 3.66. The minimum absolute atomic E-state index is 0.243. The monoisotopic (exact) mass is 281 g/mol. The normalized spacial score (nSPS) is 12.6. The average molecular weight is 281 g/mol. The molecule has 0 bridgehead atoms. The van der Waals surface area contributed by atoms with Gasteiger partial charge in [0.25, 0.3) is 0 Å². The molecule has 0 aliphatic heterocycles. The van der Waals surface area contributed by atoms with E-state index in [1.54, 1.807) is 12.1 Å². The van der Waals surface area contributed by atoms with Crippen LogP contribution in [0.4, 0.5) is 0 Å². The van der Waals surface area contributed by atoms with Gasteiger partial charge in [0.1, 0.15) is 16.8 Å². The van der Waals surface area contributed by atoms with Gasteiger partial charge in [-0.1, -0.05) is 37.6 Å². The number of fused-ring (bicyclic) bond motifs is 1. The Balaban J connectivity index is 1.87. The number of phenols is 1. The van der Waals surface area contributed by atoms with Crippen LogP contribution >= 0.6 is 0 Å². The van der Waals surface area contributed by atoms with E-state index in [2.05, 4.69) is 17.1 Å². The molecule has 4 heteroatoms.